The van der Waals surface area contributed by atoms with Gasteiger partial charge in [-0.2, -0.15) is 0 Å². The third-order valence-corrected chi connectivity index (χ3v) is 8.92. The summed E-state index contributed by atoms with van der Waals surface area (Å²) in [5.74, 6) is 0.331. The fourth-order valence-electron chi connectivity index (χ4n) is 4.96. The molecule has 0 aliphatic carbocycles. The molecule has 2 aromatic heterocycles. The third-order valence-electron chi connectivity index (χ3n) is 6.80. The molecule has 0 aromatic carbocycles. The average Bonchev–Trinajstić information content (AvgIpc) is 3.24. The summed E-state index contributed by atoms with van der Waals surface area (Å²) < 4.78 is 8.95. The number of morpholine rings is 1. The number of rotatable bonds is 4. The maximum atomic E-state index is 12.8. The van der Waals surface area contributed by atoms with E-state index in [1.807, 2.05) is 27.6 Å². The Balaban J connectivity index is 1.25. The Hall–Kier alpha value is -1.06. The van der Waals surface area contributed by atoms with Crippen molar-refractivity contribution < 1.29 is 18.5 Å². The Morgan fingerprint density at radius 1 is 1.15 bits per heavy atom. The molecular formula is C19H28N4O2S2+2. The zero-order valence-corrected chi connectivity index (χ0v) is 17.6. The molecule has 6 nitrogen and oxygen atoms in total. The van der Waals surface area contributed by atoms with Crippen LogP contribution in [0.15, 0.2) is 5.38 Å². The van der Waals surface area contributed by atoms with Crippen LogP contribution in [0.5, 0.6) is 0 Å². The summed E-state index contributed by atoms with van der Waals surface area (Å²) in [7, 11) is 0. The van der Waals surface area contributed by atoms with Gasteiger partial charge in [0.25, 0.3) is 5.91 Å². The highest BCUT2D eigenvalue weighted by molar-refractivity contribution is 7.37. The highest BCUT2D eigenvalue weighted by Gasteiger charge is 2.50. The average molecular weight is 409 g/mol. The maximum Gasteiger partial charge on any atom is 0.278 e. The van der Waals surface area contributed by atoms with Crippen LogP contribution in [0, 0.1) is 6.92 Å². The van der Waals surface area contributed by atoms with Gasteiger partial charge in [0.15, 0.2) is 6.54 Å². The number of aryl methyl sites for hydroxylation is 1. The van der Waals surface area contributed by atoms with E-state index < -0.39 is 0 Å². The Labute approximate surface area is 168 Å². The van der Waals surface area contributed by atoms with Gasteiger partial charge >= 0.3 is 0 Å². The lowest BCUT2D eigenvalue weighted by Gasteiger charge is -2.55. The second kappa shape index (κ2) is 6.77. The van der Waals surface area contributed by atoms with E-state index in [4.69, 9.17) is 9.72 Å². The van der Waals surface area contributed by atoms with Gasteiger partial charge in [-0.15, -0.1) is 22.7 Å². The van der Waals surface area contributed by atoms with Gasteiger partial charge in [-0.05, 0) is 6.92 Å². The smallest absolute Gasteiger partial charge is 0.278 e. The summed E-state index contributed by atoms with van der Waals surface area (Å²) >= 11 is 3.67. The number of ether oxygens (including phenoxy) is 1. The van der Waals surface area contributed by atoms with Crippen molar-refractivity contribution in [2.75, 3.05) is 72.1 Å². The molecule has 0 radical (unpaired) electrons. The first-order chi connectivity index (χ1) is 13.1. The van der Waals surface area contributed by atoms with E-state index in [1.54, 1.807) is 0 Å². The number of aromatic nitrogens is 1. The molecule has 1 amide bonds. The summed E-state index contributed by atoms with van der Waals surface area (Å²) in [6.45, 7) is 13.8. The number of carbonyl (C=O) groups excluding carboxylic acids is 1. The second-order valence-electron chi connectivity index (χ2n) is 8.46. The van der Waals surface area contributed by atoms with Gasteiger partial charge in [0.05, 0.1) is 18.2 Å². The van der Waals surface area contributed by atoms with Crippen molar-refractivity contribution in [1.29, 1.82) is 0 Å². The first kappa shape index (κ1) is 18.0. The number of quaternary nitrogens is 2. The van der Waals surface area contributed by atoms with E-state index in [2.05, 4.69) is 12.3 Å². The number of carbonyl (C=O) groups is 1. The number of thiophene rings is 1. The van der Waals surface area contributed by atoms with E-state index in [9.17, 15) is 4.79 Å². The third kappa shape index (κ3) is 3.31. The minimum atomic E-state index is 0.331. The monoisotopic (exact) mass is 408 g/mol. The van der Waals surface area contributed by atoms with Crippen LogP contribution in [0.4, 0.5) is 0 Å². The fourth-order valence-corrected chi connectivity index (χ4v) is 7.06. The van der Waals surface area contributed by atoms with Crippen LogP contribution in [0.25, 0.3) is 9.53 Å². The SMILES string of the molecule is Cc1nc2c(C[N+]34CC[N+](CC(=O)N5CCOCC5)(CC3)CC4)csc2s1. The van der Waals surface area contributed by atoms with E-state index in [1.165, 1.54) is 44.2 Å². The molecule has 27 heavy (non-hydrogen) atoms. The van der Waals surface area contributed by atoms with Gasteiger partial charge < -0.3 is 18.6 Å². The van der Waals surface area contributed by atoms with Crippen LogP contribution in [-0.2, 0) is 16.1 Å². The quantitative estimate of drug-likeness (QED) is 0.723. The van der Waals surface area contributed by atoms with Gasteiger partial charge in [-0.3, -0.25) is 4.79 Å². The van der Waals surface area contributed by atoms with E-state index >= 15 is 0 Å². The molecule has 6 rings (SSSR count). The Bertz CT molecular complexity index is 831. The molecule has 2 bridgehead atoms. The molecule has 146 valence electrons. The van der Waals surface area contributed by atoms with Gasteiger partial charge in [0, 0.05) is 24.0 Å². The second-order valence-corrected chi connectivity index (χ2v) is 10.8. The molecule has 0 saturated carbocycles. The Kier molecular flexibility index (Phi) is 4.52. The highest BCUT2D eigenvalue weighted by Crippen LogP contribution is 2.35. The molecule has 4 aliphatic heterocycles. The van der Waals surface area contributed by atoms with Gasteiger partial charge in [-0.25, -0.2) is 4.98 Å². The minimum absolute atomic E-state index is 0.331. The lowest BCUT2D eigenvalue weighted by Crippen LogP contribution is -2.75. The van der Waals surface area contributed by atoms with E-state index in [0.29, 0.717) is 25.7 Å². The predicted molar refractivity (Wildman–Crippen MR) is 108 cm³/mol. The fraction of sp³-hybridized carbons (Fsp3) is 0.684. The van der Waals surface area contributed by atoms with E-state index in [-0.39, 0.29) is 0 Å². The topological polar surface area (TPSA) is 42.4 Å². The number of fused-ring (bicyclic) bond motifs is 4. The molecule has 4 saturated heterocycles. The molecule has 0 N–H and O–H groups in total. The zero-order chi connectivity index (χ0) is 18.5. The number of hydrogen-bond donors (Lipinski definition) is 0. The van der Waals surface area contributed by atoms with Crippen molar-refractivity contribution in [1.82, 2.24) is 9.88 Å². The first-order valence-corrected chi connectivity index (χ1v) is 11.7. The van der Waals surface area contributed by atoms with Gasteiger partial charge in [0.1, 0.15) is 55.3 Å². The zero-order valence-electron chi connectivity index (χ0n) is 16.0. The Morgan fingerprint density at radius 3 is 2.52 bits per heavy atom. The summed E-state index contributed by atoms with van der Waals surface area (Å²) in [5.41, 5.74) is 2.68. The van der Waals surface area contributed by atoms with Crippen LogP contribution >= 0.6 is 22.7 Å². The Morgan fingerprint density at radius 2 is 1.81 bits per heavy atom. The molecule has 4 fully saturated rings. The van der Waals surface area contributed by atoms with Crippen molar-refractivity contribution in [3.63, 3.8) is 0 Å². The van der Waals surface area contributed by atoms with Crippen molar-refractivity contribution >= 4 is 38.1 Å². The van der Waals surface area contributed by atoms with Crippen LogP contribution in [-0.4, -0.2) is 96.9 Å². The summed E-state index contributed by atoms with van der Waals surface area (Å²) in [4.78, 5) is 19.6. The number of hydrogen-bond acceptors (Lipinski definition) is 5. The van der Waals surface area contributed by atoms with Crippen molar-refractivity contribution in [2.45, 2.75) is 13.5 Å². The molecule has 6 heterocycles. The number of nitrogens with zero attached hydrogens (tertiary/aromatic N) is 4. The maximum absolute atomic E-state index is 12.8. The standard InChI is InChI=1S/C19H28N4O2S2/c1-15-20-18-16(14-26-19(18)27-15)12-22-4-7-23(8-5-22,9-6-22)13-17(24)21-2-10-25-11-3-21/h14H,2-13H2,1H3/q+2. The lowest BCUT2D eigenvalue weighted by atomic mass is 10.0. The predicted octanol–water partition coefficient (Wildman–Crippen LogP) is 1.69. The van der Waals surface area contributed by atoms with Gasteiger partial charge in [-0.1, -0.05) is 0 Å². The molecular weight excluding hydrogens is 380 g/mol. The highest BCUT2D eigenvalue weighted by atomic mass is 32.2. The molecule has 0 atom stereocenters. The van der Waals surface area contributed by atoms with Crippen LogP contribution in [0.1, 0.15) is 10.6 Å². The number of piperazine rings is 3. The summed E-state index contributed by atoms with van der Waals surface area (Å²) in [5, 5.41) is 3.50. The van der Waals surface area contributed by atoms with Gasteiger partial charge in [0.2, 0.25) is 0 Å². The van der Waals surface area contributed by atoms with Crippen molar-refractivity contribution in [3.8, 4) is 0 Å². The lowest BCUT2D eigenvalue weighted by molar-refractivity contribution is -1.08. The molecule has 0 spiro atoms. The molecule has 0 unspecified atom stereocenters. The van der Waals surface area contributed by atoms with Crippen LogP contribution in [0.3, 0.4) is 0 Å². The first-order valence-electron chi connectivity index (χ1n) is 9.96. The summed E-state index contributed by atoms with van der Waals surface area (Å²) in [6.07, 6.45) is 0. The largest absolute Gasteiger partial charge is 0.378 e. The van der Waals surface area contributed by atoms with Crippen molar-refractivity contribution in [2.24, 2.45) is 0 Å². The molecule has 4 aliphatic rings. The summed E-state index contributed by atoms with van der Waals surface area (Å²) in [6, 6.07) is 0. The van der Waals surface area contributed by atoms with Crippen molar-refractivity contribution in [3.05, 3.63) is 16.0 Å². The molecule has 2 aromatic rings. The minimum Gasteiger partial charge on any atom is -0.378 e. The van der Waals surface area contributed by atoms with E-state index in [0.717, 1.165) is 43.8 Å². The number of thiazole rings is 1. The number of amides is 1. The molecule has 8 heteroatoms. The van der Waals surface area contributed by atoms with Crippen LogP contribution < -0.4 is 0 Å². The normalized spacial score (nSPS) is 30.9. The van der Waals surface area contributed by atoms with Crippen LogP contribution in [0.2, 0.25) is 0 Å².